The van der Waals surface area contributed by atoms with Gasteiger partial charge in [0.25, 0.3) is 5.91 Å². The van der Waals surface area contributed by atoms with E-state index in [1.165, 1.54) is 18.1 Å². The minimum absolute atomic E-state index is 0.438. The lowest BCUT2D eigenvalue weighted by Gasteiger charge is -2.07. The Hall–Kier alpha value is -1.57. The first-order chi connectivity index (χ1) is 9.06. The van der Waals surface area contributed by atoms with Crippen molar-refractivity contribution in [2.75, 3.05) is 5.32 Å². The summed E-state index contributed by atoms with van der Waals surface area (Å²) in [5.41, 5.74) is 1.07. The minimum Gasteiger partial charge on any atom is -0.378 e. The van der Waals surface area contributed by atoms with Crippen molar-refractivity contribution < 1.29 is 9.90 Å². The fourth-order valence-electron chi connectivity index (χ4n) is 1.80. The van der Waals surface area contributed by atoms with Crippen molar-refractivity contribution in [1.29, 1.82) is 0 Å². The quantitative estimate of drug-likeness (QED) is 0.880. The number of amides is 1. The molecular formula is C11H9ClN4O2S. The van der Waals surface area contributed by atoms with Gasteiger partial charge in [-0.3, -0.25) is 4.79 Å². The molecule has 1 aliphatic rings. The molecule has 1 aliphatic heterocycles. The van der Waals surface area contributed by atoms with Crippen LogP contribution in [-0.2, 0) is 11.8 Å². The van der Waals surface area contributed by atoms with Gasteiger partial charge >= 0.3 is 0 Å². The van der Waals surface area contributed by atoms with E-state index in [4.69, 9.17) is 11.6 Å². The highest BCUT2D eigenvalue weighted by Gasteiger charge is 2.29. The van der Waals surface area contributed by atoms with Crippen LogP contribution in [0.4, 0.5) is 5.69 Å². The van der Waals surface area contributed by atoms with Crippen molar-refractivity contribution in [2.45, 2.75) is 16.2 Å². The number of benzene rings is 1. The van der Waals surface area contributed by atoms with Gasteiger partial charge in [-0.15, -0.1) is 0 Å². The third-order valence-electron chi connectivity index (χ3n) is 2.78. The highest BCUT2D eigenvalue weighted by molar-refractivity contribution is 7.99. The monoisotopic (exact) mass is 296 g/mol. The van der Waals surface area contributed by atoms with Gasteiger partial charge in [0.15, 0.2) is 11.3 Å². The maximum Gasteiger partial charge on any atom is 0.257 e. The van der Waals surface area contributed by atoms with Gasteiger partial charge in [0, 0.05) is 23.2 Å². The van der Waals surface area contributed by atoms with Crippen molar-refractivity contribution in [3.05, 3.63) is 29.0 Å². The van der Waals surface area contributed by atoms with E-state index < -0.39 is 12.0 Å². The zero-order chi connectivity index (χ0) is 13.6. The second-order valence-electron chi connectivity index (χ2n) is 4.03. The number of nitrogens with zero attached hydrogens (tertiary/aromatic N) is 3. The van der Waals surface area contributed by atoms with Crippen molar-refractivity contribution in [3.8, 4) is 0 Å². The van der Waals surface area contributed by atoms with Crippen molar-refractivity contribution >= 4 is 35.0 Å². The van der Waals surface area contributed by atoms with Crippen LogP contribution in [0.25, 0.3) is 0 Å². The number of carbonyl (C=O) groups excluding carboxylic acids is 1. The molecule has 1 aromatic carbocycles. The third kappa shape index (κ3) is 2.09. The van der Waals surface area contributed by atoms with E-state index in [1.54, 1.807) is 23.9 Å². The molecular weight excluding hydrogens is 288 g/mol. The number of rotatable bonds is 2. The molecule has 0 radical (unpaired) electrons. The Bertz CT molecular complexity index is 673. The Balaban J connectivity index is 1.99. The Morgan fingerprint density at radius 3 is 3.00 bits per heavy atom. The molecule has 1 amide bonds. The molecule has 98 valence electrons. The molecule has 1 atom stereocenters. The van der Waals surface area contributed by atoms with Gasteiger partial charge in [0.2, 0.25) is 0 Å². The first-order valence-electron chi connectivity index (χ1n) is 5.40. The van der Waals surface area contributed by atoms with Gasteiger partial charge in [-0.2, -0.15) is 5.10 Å². The number of carbonyl (C=O) groups is 1. The van der Waals surface area contributed by atoms with Crippen molar-refractivity contribution in [1.82, 2.24) is 14.8 Å². The van der Waals surface area contributed by atoms with Crippen LogP contribution in [0, 0.1) is 0 Å². The van der Waals surface area contributed by atoms with Gasteiger partial charge in [-0.25, -0.2) is 9.67 Å². The van der Waals surface area contributed by atoms with Gasteiger partial charge in [-0.1, -0.05) is 11.6 Å². The molecule has 0 fully saturated rings. The zero-order valence-electron chi connectivity index (χ0n) is 9.79. The summed E-state index contributed by atoms with van der Waals surface area (Å²) in [4.78, 5) is 16.2. The summed E-state index contributed by atoms with van der Waals surface area (Å²) in [6.45, 7) is 0. The number of aliphatic hydroxyl groups excluding tert-OH is 1. The highest BCUT2D eigenvalue weighted by Crippen LogP contribution is 2.40. The molecule has 2 heterocycles. The van der Waals surface area contributed by atoms with E-state index >= 15 is 0 Å². The SMILES string of the molecule is Cn1ncnc1Sc1cc2c(cc1Cl)C(O)C(=O)N2. The number of anilines is 1. The third-order valence-corrected chi connectivity index (χ3v) is 4.31. The Morgan fingerprint density at radius 2 is 2.32 bits per heavy atom. The molecule has 0 saturated heterocycles. The first kappa shape index (κ1) is 12.5. The lowest BCUT2D eigenvalue weighted by molar-refractivity contribution is -0.123. The molecule has 1 unspecified atom stereocenters. The number of hydrogen-bond acceptors (Lipinski definition) is 5. The second kappa shape index (κ2) is 4.52. The average Bonchev–Trinajstić information content (AvgIpc) is 2.88. The van der Waals surface area contributed by atoms with E-state index in [1.807, 2.05) is 0 Å². The number of halogens is 1. The predicted octanol–water partition coefficient (Wildman–Crippen LogP) is 1.61. The van der Waals surface area contributed by atoms with Gasteiger partial charge < -0.3 is 10.4 Å². The number of aromatic nitrogens is 3. The van der Waals surface area contributed by atoms with Crippen molar-refractivity contribution in [2.24, 2.45) is 7.05 Å². The molecule has 0 aliphatic carbocycles. The number of nitrogens with one attached hydrogen (secondary N) is 1. The lowest BCUT2D eigenvalue weighted by Crippen LogP contribution is -2.10. The molecule has 3 rings (SSSR count). The first-order valence-corrected chi connectivity index (χ1v) is 6.60. The molecule has 2 aromatic rings. The average molecular weight is 297 g/mol. The summed E-state index contributed by atoms with van der Waals surface area (Å²) in [6, 6.07) is 3.32. The molecule has 0 saturated carbocycles. The number of hydrogen-bond donors (Lipinski definition) is 2. The van der Waals surface area contributed by atoms with Crippen LogP contribution in [0.15, 0.2) is 28.5 Å². The summed E-state index contributed by atoms with van der Waals surface area (Å²) in [7, 11) is 1.78. The number of aryl methyl sites for hydroxylation is 1. The zero-order valence-corrected chi connectivity index (χ0v) is 11.4. The Labute approximate surface area is 117 Å². The van der Waals surface area contributed by atoms with Gasteiger partial charge in [0.1, 0.15) is 6.33 Å². The molecule has 6 nitrogen and oxygen atoms in total. The fraction of sp³-hybridized carbons (Fsp3) is 0.182. The lowest BCUT2D eigenvalue weighted by atomic mass is 10.1. The fourth-order valence-corrected chi connectivity index (χ4v) is 2.90. The molecule has 0 spiro atoms. The predicted molar refractivity (Wildman–Crippen MR) is 70.2 cm³/mol. The smallest absolute Gasteiger partial charge is 0.257 e. The van der Waals surface area contributed by atoms with Crippen LogP contribution in [-0.4, -0.2) is 25.8 Å². The second-order valence-corrected chi connectivity index (χ2v) is 5.45. The van der Waals surface area contributed by atoms with E-state index in [9.17, 15) is 9.90 Å². The van der Waals surface area contributed by atoms with Gasteiger partial charge in [0.05, 0.1) is 5.02 Å². The topological polar surface area (TPSA) is 80.0 Å². The maximum absolute atomic E-state index is 11.4. The summed E-state index contributed by atoms with van der Waals surface area (Å²) in [6.07, 6.45) is 0.302. The van der Waals surface area contributed by atoms with Crippen LogP contribution in [0.1, 0.15) is 11.7 Å². The van der Waals surface area contributed by atoms with E-state index in [2.05, 4.69) is 15.4 Å². The van der Waals surface area contributed by atoms with Crippen LogP contribution in [0.3, 0.4) is 0 Å². The molecule has 19 heavy (non-hydrogen) atoms. The number of aliphatic hydroxyl groups is 1. The summed E-state index contributed by atoms with van der Waals surface area (Å²) < 4.78 is 1.63. The Kier molecular flexibility index (Phi) is 2.96. The summed E-state index contributed by atoms with van der Waals surface area (Å²) in [5.74, 6) is -0.438. The van der Waals surface area contributed by atoms with E-state index in [0.29, 0.717) is 21.4 Å². The normalized spacial score (nSPS) is 17.4. The highest BCUT2D eigenvalue weighted by atomic mass is 35.5. The largest absolute Gasteiger partial charge is 0.378 e. The molecule has 8 heteroatoms. The molecule has 1 aromatic heterocycles. The van der Waals surface area contributed by atoms with Crippen LogP contribution in [0.5, 0.6) is 0 Å². The molecule has 2 N–H and O–H groups in total. The Morgan fingerprint density at radius 1 is 1.53 bits per heavy atom. The van der Waals surface area contributed by atoms with Gasteiger partial charge in [-0.05, 0) is 23.9 Å². The molecule has 0 bridgehead atoms. The van der Waals surface area contributed by atoms with Crippen LogP contribution in [0.2, 0.25) is 5.02 Å². The standard InChI is InChI=1S/C11H9ClN4O2S/c1-16-11(13-4-14-16)19-8-3-7-5(2-6(8)12)9(17)10(18)15-7/h2-4,9,17H,1H3,(H,15,18). The van der Waals surface area contributed by atoms with E-state index in [-0.39, 0.29) is 0 Å². The minimum atomic E-state index is -1.15. The summed E-state index contributed by atoms with van der Waals surface area (Å²) in [5, 5.41) is 17.4. The summed E-state index contributed by atoms with van der Waals surface area (Å²) >= 11 is 7.50. The maximum atomic E-state index is 11.4. The van der Waals surface area contributed by atoms with E-state index in [0.717, 1.165) is 4.90 Å². The van der Waals surface area contributed by atoms with Crippen LogP contribution < -0.4 is 5.32 Å². The van der Waals surface area contributed by atoms with Crippen LogP contribution >= 0.6 is 23.4 Å². The number of fused-ring (bicyclic) bond motifs is 1. The van der Waals surface area contributed by atoms with Crippen molar-refractivity contribution in [3.63, 3.8) is 0 Å².